The normalized spacial score (nSPS) is 11.2. The standard InChI is InChI=1S/C30H30F2N2O5S/c1-4-37-28(38-5-2)17-34-30(36)27-16-25-29(40-27)26(10-11-33-25)39-22-8-7-19(24(32)15-22)13-21(35)14-20-12-18(3)6-9-23(20)31/h6-12,15-16,28H,4-5,13-14,17H2,1-3H3,(H,34,36). The lowest BCUT2D eigenvalue weighted by atomic mass is 10.0. The zero-order valence-electron chi connectivity index (χ0n) is 22.5. The van der Waals surface area contributed by atoms with Gasteiger partial charge in [-0.3, -0.25) is 14.6 Å². The Kier molecular flexibility index (Phi) is 9.92. The number of carbonyl (C=O) groups is 2. The largest absolute Gasteiger partial charge is 0.456 e. The Morgan fingerprint density at radius 2 is 1.70 bits per heavy atom. The van der Waals surface area contributed by atoms with E-state index in [-0.39, 0.29) is 42.4 Å². The molecule has 10 heteroatoms. The second-order valence-electron chi connectivity index (χ2n) is 9.03. The third-order valence-electron chi connectivity index (χ3n) is 5.96. The highest BCUT2D eigenvalue weighted by Gasteiger charge is 2.18. The average molecular weight is 569 g/mol. The van der Waals surface area contributed by atoms with Crippen molar-refractivity contribution >= 4 is 33.2 Å². The van der Waals surface area contributed by atoms with Gasteiger partial charge in [-0.1, -0.05) is 23.8 Å². The molecule has 0 spiro atoms. The molecule has 0 radical (unpaired) electrons. The molecule has 7 nitrogen and oxygen atoms in total. The molecular formula is C30H30F2N2O5S. The molecule has 0 saturated heterocycles. The summed E-state index contributed by atoms with van der Waals surface area (Å²) in [4.78, 5) is 30.0. The van der Waals surface area contributed by atoms with Crippen LogP contribution >= 0.6 is 11.3 Å². The summed E-state index contributed by atoms with van der Waals surface area (Å²) in [6.45, 7) is 6.62. The monoisotopic (exact) mass is 568 g/mol. The molecule has 2 heterocycles. The number of aromatic nitrogens is 1. The van der Waals surface area contributed by atoms with Crippen LogP contribution in [0.2, 0.25) is 0 Å². The highest BCUT2D eigenvalue weighted by Crippen LogP contribution is 2.35. The minimum absolute atomic E-state index is 0.119. The van der Waals surface area contributed by atoms with Gasteiger partial charge in [0, 0.05) is 44.4 Å². The van der Waals surface area contributed by atoms with Crippen LogP contribution in [0.25, 0.3) is 10.2 Å². The zero-order chi connectivity index (χ0) is 28.6. The summed E-state index contributed by atoms with van der Waals surface area (Å²) in [7, 11) is 0. The molecule has 4 rings (SSSR count). The summed E-state index contributed by atoms with van der Waals surface area (Å²) in [5.41, 5.74) is 1.89. The van der Waals surface area contributed by atoms with E-state index in [0.29, 0.717) is 39.6 Å². The molecule has 2 aromatic carbocycles. The van der Waals surface area contributed by atoms with Crippen molar-refractivity contribution in [1.29, 1.82) is 0 Å². The number of nitrogens with zero attached hydrogens (tertiary/aromatic N) is 1. The van der Waals surface area contributed by atoms with Crippen molar-refractivity contribution in [3.8, 4) is 11.5 Å². The number of halogens is 2. The number of hydrogen-bond donors (Lipinski definition) is 1. The van der Waals surface area contributed by atoms with Crippen LogP contribution in [0.3, 0.4) is 0 Å². The van der Waals surface area contributed by atoms with Crippen LogP contribution < -0.4 is 10.1 Å². The van der Waals surface area contributed by atoms with Gasteiger partial charge in [-0.25, -0.2) is 8.78 Å². The summed E-state index contributed by atoms with van der Waals surface area (Å²) >= 11 is 1.20. The molecule has 0 saturated carbocycles. The summed E-state index contributed by atoms with van der Waals surface area (Å²) in [5, 5.41) is 2.80. The molecule has 210 valence electrons. The van der Waals surface area contributed by atoms with Crippen molar-refractivity contribution in [3.05, 3.63) is 87.9 Å². The maximum atomic E-state index is 14.9. The van der Waals surface area contributed by atoms with E-state index in [1.54, 1.807) is 36.5 Å². The Hall–Kier alpha value is -3.73. The number of pyridine rings is 1. The summed E-state index contributed by atoms with van der Waals surface area (Å²) < 4.78 is 46.4. The molecule has 4 aromatic rings. The maximum absolute atomic E-state index is 14.9. The lowest BCUT2D eigenvalue weighted by Gasteiger charge is -2.17. The van der Waals surface area contributed by atoms with E-state index in [9.17, 15) is 18.4 Å². The van der Waals surface area contributed by atoms with Crippen molar-refractivity contribution in [2.24, 2.45) is 0 Å². The highest BCUT2D eigenvalue weighted by atomic mass is 32.1. The topological polar surface area (TPSA) is 86.8 Å². The van der Waals surface area contributed by atoms with E-state index in [1.165, 1.54) is 29.5 Å². The van der Waals surface area contributed by atoms with Crippen molar-refractivity contribution in [2.75, 3.05) is 19.8 Å². The Balaban J connectivity index is 1.43. The Morgan fingerprint density at radius 3 is 2.42 bits per heavy atom. The van der Waals surface area contributed by atoms with Gasteiger partial charge in [0.1, 0.15) is 28.9 Å². The molecular weight excluding hydrogens is 538 g/mol. The smallest absolute Gasteiger partial charge is 0.261 e. The molecule has 1 amide bonds. The first-order valence-electron chi connectivity index (χ1n) is 12.9. The fourth-order valence-corrected chi connectivity index (χ4v) is 5.08. The molecule has 0 aliphatic carbocycles. The van der Waals surface area contributed by atoms with E-state index in [0.717, 1.165) is 5.56 Å². The summed E-state index contributed by atoms with van der Waals surface area (Å²) in [6.07, 6.45) is 0.713. The van der Waals surface area contributed by atoms with E-state index in [2.05, 4.69) is 10.3 Å². The van der Waals surface area contributed by atoms with Crippen molar-refractivity contribution in [1.82, 2.24) is 10.3 Å². The van der Waals surface area contributed by atoms with Gasteiger partial charge < -0.3 is 19.5 Å². The minimum atomic E-state index is -0.606. The molecule has 0 atom stereocenters. The second kappa shape index (κ2) is 13.6. The van der Waals surface area contributed by atoms with Crippen LogP contribution in [0, 0.1) is 18.6 Å². The maximum Gasteiger partial charge on any atom is 0.261 e. The highest BCUT2D eigenvalue weighted by molar-refractivity contribution is 7.21. The van der Waals surface area contributed by atoms with E-state index >= 15 is 0 Å². The predicted octanol–water partition coefficient (Wildman–Crippen LogP) is 6.16. The van der Waals surface area contributed by atoms with Crippen LogP contribution in [0.5, 0.6) is 11.5 Å². The summed E-state index contributed by atoms with van der Waals surface area (Å²) in [6, 6.07) is 12.1. The number of carbonyl (C=O) groups excluding carboxylic acids is 2. The number of thiophene rings is 1. The lowest BCUT2D eigenvalue weighted by Crippen LogP contribution is -2.35. The third-order valence-corrected chi connectivity index (χ3v) is 7.10. The van der Waals surface area contributed by atoms with Crippen LogP contribution in [0.1, 0.15) is 40.2 Å². The van der Waals surface area contributed by atoms with Gasteiger partial charge in [-0.2, -0.15) is 0 Å². The zero-order valence-corrected chi connectivity index (χ0v) is 23.3. The molecule has 0 aliphatic rings. The third kappa shape index (κ3) is 7.47. The minimum Gasteiger partial charge on any atom is -0.456 e. The van der Waals surface area contributed by atoms with E-state index < -0.39 is 17.9 Å². The van der Waals surface area contributed by atoms with Crippen molar-refractivity contribution < 1.29 is 32.6 Å². The van der Waals surface area contributed by atoms with Gasteiger partial charge in [-0.15, -0.1) is 11.3 Å². The van der Waals surface area contributed by atoms with Crippen molar-refractivity contribution in [2.45, 2.75) is 39.9 Å². The number of ketones is 1. The van der Waals surface area contributed by atoms with Gasteiger partial charge in [-0.05, 0) is 50.1 Å². The molecule has 2 aromatic heterocycles. The van der Waals surface area contributed by atoms with Gasteiger partial charge in [0.05, 0.1) is 21.6 Å². The molecule has 0 aliphatic heterocycles. The number of benzene rings is 2. The first-order chi connectivity index (χ1) is 19.3. The molecule has 1 N–H and O–H groups in total. The number of nitrogens with one attached hydrogen (secondary N) is 1. The number of aryl methyl sites for hydroxylation is 1. The SMILES string of the molecule is CCOC(CNC(=O)c1cc2nccc(Oc3ccc(CC(=O)Cc4cc(C)ccc4F)c(F)c3)c2s1)OCC. The van der Waals surface area contributed by atoms with Crippen LogP contribution in [0.15, 0.2) is 54.7 Å². The van der Waals surface area contributed by atoms with Gasteiger partial charge in [0.15, 0.2) is 6.29 Å². The fraction of sp³-hybridized carbons (Fsp3) is 0.300. The number of amides is 1. The van der Waals surface area contributed by atoms with Crippen LogP contribution in [-0.2, 0) is 27.1 Å². The second-order valence-corrected chi connectivity index (χ2v) is 10.1. The van der Waals surface area contributed by atoms with Gasteiger partial charge >= 0.3 is 0 Å². The average Bonchev–Trinajstić information content (AvgIpc) is 3.37. The molecule has 0 unspecified atom stereocenters. The lowest BCUT2D eigenvalue weighted by molar-refractivity contribution is -0.131. The van der Waals surface area contributed by atoms with E-state index in [4.69, 9.17) is 14.2 Å². The first kappa shape index (κ1) is 29.3. The Morgan fingerprint density at radius 1 is 0.950 bits per heavy atom. The molecule has 40 heavy (non-hydrogen) atoms. The molecule has 0 bridgehead atoms. The summed E-state index contributed by atoms with van der Waals surface area (Å²) in [5.74, 6) is -1.03. The quantitative estimate of drug-likeness (QED) is 0.195. The van der Waals surface area contributed by atoms with Crippen LogP contribution in [-0.4, -0.2) is 42.7 Å². The van der Waals surface area contributed by atoms with Crippen LogP contribution in [0.4, 0.5) is 8.78 Å². The fourth-order valence-electron chi connectivity index (χ4n) is 4.10. The predicted molar refractivity (Wildman–Crippen MR) is 149 cm³/mol. The number of Topliss-reactive ketones (excluding diaryl/α,β-unsaturated/α-hetero) is 1. The Labute approximate surface area is 235 Å². The first-order valence-corrected chi connectivity index (χ1v) is 13.7. The number of rotatable bonds is 13. The number of ether oxygens (including phenoxy) is 3. The van der Waals surface area contributed by atoms with Crippen molar-refractivity contribution in [3.63, 3.8) is 0 Å². The van der Waals surface area contributed by atoms with Gasteiger partial charge in [0.2, 0.25) is 0 Å². The van der Waals surface area contributed by atoms with Gasteiger partial charge in [0.25, 0.3) is 5.91 Å². The van der Waals surface area contributed by atoms with E-state index in [1.807, 2.05) is 20.8 Å². The molecule has 0 fully saturated rings. The Bertz CT molecular complexity index is 1500. The number of fused-ring (bicyclic) bond motifs is 1. The number of hydrogen-bond acceptors (Lipinski definition) is 7.